The maximum Gasteiger partial charge on any atom is 0.0533 e. The number of fused-ring (bicyclic) bond motifs is 1. The van der Waals surface area contributed by atoms with Crippen LogP contribution in [-0.2, 0) is 5.41 Å². The Morgan fingerprint density at radius 3 is 2.22 bits per heavy atom. The summed E-state index contributed by atoms with van der Waals surface area (Å²) in [5.74, 6) is 0. The van der Waals surface area contributed by atoms with Crippen LogP contribution in [0.5, 0.6) is 0 Å². The van der Waals surface area contributed by atoms with E-state index in [1.807, 2.05) is 0 Å². The maximum absolute atomic E-state index is 9.87. The van der Waals surface area contributed by atoms with Crippen molar-refractivity contribution in [2.75, 3.05) is 6.61 Å². The van der Waals surface area contributed by atoms with Crippen LogP contribution in [0.1, 0.15) is 31.4 Å². The van der Waals surface area contributed by atoms with Crippen LogP contribution in [0.4, 0.5) is 0 Å². The molecule has 0 heterocycles. The van der Waals surface area contributed by atoms with Gasteiger partial charge in [-0.3, -0.25) is 0 Å². The highest BCUT2D eigenvalue weighted by atomic mass is 16.3. The molecule has 2 aromatic carbocycles. The Hall–Kier alpha value is -1.34. The topological polar surface area (TPSA) is 20.2 Å². The summed E-state index contributed by atoms with van der Waals surface area (Å²) in [6, 6.07) is 12.9. The van der Waals surface area contributed by atoms with Crippen molar-refractivity contribution in [2.24, 2.45) is 5.41 Å². The zero-order valence-corrected chi connectivity index (χ0v) is 11.3. The predicted octanol–water partition coefficient (Wildman–Crippen LogP) is 3.81. The van der Waals surface area contributed by atoms with Crippen LogP contribution in [0, 0.1) is 12.3 Å². The van der Waals surface area contributed by atoms with E-state index in [1.54, 1.807) is 0 Å². The van der Waals surface area contributed by atoms with Crippen LogP contribution in [-0.4, -0.2) is 11.7 Å². The van der Waals surface area contributed by atoms with Crippen LogP contribution in [0.3, 0.4) is 0 Å². The van der Waals surface area contributed by atoms with Crippen molar-refractivity contribution < 1.29 is 5.11 Å². The number of aryl methyl sites for hydroxylation is 1. The largest absolute Gasteiger partial charge is 0.395 e. The Kier molecular flexibility index (Phi) is 2.33. The minimum Gasteiger partial charge on any atom is -0.395 e. The zero-order chi connectivity index (χ0) is 13.0. The average molecular weight is 240 g/mol. The van der Waals surface area contributed by atoms with E-state index in [2.05, 4.69) is 57.2 Å². The molecule has 0 amide bonds. The van der Waals surface area contributed by atoms with Crippen LogP contribution < -0.4 is 0 Å². The molecular formula is C17H20O. The normalized spacial score (nSPS) is 25.3. The number of rotatable bonds is 2. The Morgan fingerprint density at radius 1 is 1.06 bits per heavy atom. The second-order valence-electron chi connectivity index (χ2n) is 6.28. The average Bonchev–Trinajstić information content (AvgIpc) is 2.93. The molecule has 1 heteroatoms. The van der Waals surface area contributed by atoms with Gasteiger partial charge < -0.3 is 5.11 Å². The molecule has 1 nitrogen and oxygen atoms in total. The summed E-state index contributed by atoms with van der Waals surface area (Å²) in [5, 5.41) is 12.5. The van der Waals surface area contributed by atoms with Gasteiger partial charge in [-0.25, -0.2) is 0 Å². The molecule has 2 aromatic rings. The first kappa shape index (κ1) is 11.7. The van der Waals surface area contributed by atoms with Crippen molar-refractivity contribution in [3.8, 4) is 0 Å². The minimum absolute atomic E-state index is 0.0414. The van der Waals surface area contributed by atoms with Gasteiger partial charge in [0, 0.05) is 5.41 Å². The first-order chi connectivity index (χ1) is 8.52. The lowest BCUT2D eigenvalue weighted by Gasteiger charge is -2.21. The van der Waals surface area contributed by atoms with Gasteiger partial charge in [0.05, 0.1) is 6.61 Å². The van der Waals surface area contributed by atoms with Crippen molar-refractivity contribution in [2.45, 2.75) is 32.6 Å². The lowest BCUT2D eigenvalue weighted by atomic mass is 9.84. The van der Waals surface area contributed by atoms with Crippen molar-refractivity contribution in [3.63, 3.8) is 0 Å². The summed E-state index contributed by atoms with van der Waals surface area (Å²) in [5.41, 5.74) is 2.79. The molecule has 1 fully saturated rings. The first-order valence-corrected chi connectivity index (χ1v) is 6.61. The van der Waals surface area contributed by atoms with Crippen molar-refractivity contribution in [1.82, 2.24) is 0 Å². The standard InChI is InChI=1S/C17H20O/c1-12-8-9-15(14-7-5-4-6-13(12)14)17(11-18)10-16(17,2)3/h4-9,18H,10-11H2,1-3H3. The van der Waals surface area contributed by atoms with E-state index in [9.17, 15) is 5.11 Å². The molecule has 1 N–H and O–H groups in total. The maximum atomic E-state index is 9.87. The van der Waals surface area contributed by atoms with Gasteiger partial charge in [0.1, 0.15) is 0 Å². The number of hydrogen-bond acceptors (Lipinski definition) is 1. The van der Waals surface area contributed by atoms with Crippen molar-refractivity contribution in [1.29, 1.82) is 0 Å². The quantitative estimate of drug-likeness (QED) is 0.846. The van der Waals surface area contributed by atoms with E-state index in [4.69, 9.17) is 0 Å². The highest BCUT2D eigenvalue weighted by Crippen LogP contribution is 2.64. The van der Waals surface area contributed by atoms with Gasteiger partial charge in [0.2, 0.25) is 0 Å². The third kappa shape index (κ3) is 1.37. The van der Waals surface area contributed by atoms with E-state index < -0.39 is 0 Å². The first-order valence-electron chi connectivity index (χ1n) is 6.61. The summed E-state index contributed by atoms with van der Waals surface area (Å²) in [7, 11) is 0. The molecule has 18 heavy (non-hydrogen) atoms. The van der Waals surface area contributed by atoms with Gasteiger partial charge in [-0.05, 0) is 40.7 Å². The summed E-state index contributed by atoms with van der Waals surface area (Å²) in [4.78, 5) is 0. The predicted molar refractivity (Wildman–Crippen MR) is 75.8 cm³/mol. The molecular weight excluding hydrogens is 220 g/mol. The number of aliphatic hydroxyl groups excluding tert-OH is 1. The molecule has 1 aliphatic rings. The molecule has 0 radical (unpaired) electrons. The molecule has 1 unspecified atom stereocenters. The fraction of sp³-hybridized carbons (Fsp3) is 0.412. The molecule has 0 aliphatic heterocycles. The van der Waals surface area contributed by atoms with Gasteiger partial charge >= 0.3 is 0 Å². The van der Waals surface area contributed by atoms with E-state index in [-0.39, 0.29) is 17.4 Å². The lowest BCUT2D eigenvalue weighted by molar-refractivity contribution is 0.232. The second kappa shape index (κ2) is 3.58. The summed E-state index contributed by atoms with van der Waals surface area (Å²) >= 11 is 0. The van der Waals surface area contributed by atoms with Gasteiger partial charge in [-0.1, -0.05) is 50.2 Å². The van der Waals surface area contributed by atoms with Crippen LogP contribution in [0.15, 0.2) is 36.4 Å². The smallest absolute Gasteiger partial charge is 0.0533 e. The Labute approximate surface area is 108 Å². The van der Waals surface area contributed by atoms with Crippen LogP contribution >= 0.6 is 0 Å². The highest BCUT2D eigenvalue weighted by Gasteiger charge is 2.62. The molecule has 0 aromatic heterocycles. The van der Waals surface area contributed by atoms with E-state index in [0.717, 1.165) is 6.42 Å². The molecule has 3 rings (SSSR count). The summed E-state index contributed by atoms with van der Waals surface area (Å²) in [6.45, 7) is 6.89. The number of aliphatic hydroxyl groups is 1. The highest BCUT2D eigenvalue weighted by molar-refractivity contribution is 5.90. The fourth-order valence-corrected chi connectivity index (χ4v) is 3.39. The lowest BCUT2D eigenvalue weighted by Crippen LogP contribution is -2.19. The van der Waals surface area contributed by atoms with Gasteiger partial charge in [-0.2, -0.15) is 0 Å². The van der Waals surface area contributed by atoms with Crippen molar-refractivity contribution >= 4 is 10.8 Å². The van der Waals surface area contributed by atoms with Gasteiger partial charge in [0.15, 0.2) is 0 Å². The van der Waals surface area contributed by atoms with Gasteiger partial charge in [0.25, 0.3) is 0 Å². The molecule has 1 aliphatic carbocycles. The van der Waals surface area contributed by atoms with E-state index >= 15 is 0 Å². The molecule has 94 valence electrons. The van der Waals surface area contributed by atoms with Gasteiger partial charge in [-0.15, -0.1) is 0 Å². The Balaban J connectivity index is 2.29. The molecule has 0 spiro atoms. The Morgan fingerprint density at radius 2 is 1.67 bits per heavy atom. The Bertz CT molecular complexity index is 612. The molecule has 0 bridgehead atoms. The van der Waals surface area contributed by atoms with E-state index in [0.29, 0.717) is 0 Å². The molecule has 1 saturated carbocycles. The number of hydrogen-bond donors (Lipinski definition) is 1. The fourth-order valence-electron chi connectivity index (χ4n) is 3.39. The van der Waals surface area contributed by atoms with Crippen LogP contribution in [0.2, 0.25) is 0 Å². The summed E-state index contributed by atoms with van der Waals surface area (Å²) in [6.07, 6.45) is 1.07. The molecule has 1 atom stereocenters. The third-order valence-electron chi connectivity index (χ3n) is 4.84. The third-order valence-corrected chi connectivity index (χ3v) is 4.84. The zero-order valence-electron chi connectivity index (χ0n) is 11.3. The molecule has 0 saturated heterocycles. The van der Waals surface area contributed by atoms with E-state index in [1.165, 1.54) is 21.9 Å². The van der Waals surface area contributed by atoms with Crippen LogP contribution in [0.25, 0.3) is 10.8 Å². The number of benzene rings is 2. The SMILES string of the molecule is Cc1ccc(C2(CO)CC2(C)C)c2ccccc12. The summed E-state index contributed by atoms with van der Waals surface area (Å²) < 4.78 is 0. The monoisotopic (exact) mass is 240 g/mol. The minimum atomic E-state index is -0.0414. The second-order valence-corrected chi connectivity index (χ2v) is 6.28. The van der Waals surface area contributed by atoms with Crippen molar-refractivity contribution in [3.05, 3.63) is 47.5 Å².